The van der Waals surface area contributed by atoms with Gasteiger partial charge < -0.3 is 10.1 Å². The zero-order valence-corrected chi connectivity index (χ0v) is 14.7. The van der Waals surface area contributed by atoms with Crippen molar-refractivity contribution >= 4 is 23.0 Å². The molecule has 0 saturated carbocycles. The van der Waals surface area contributed by atoms with E-state index in [9.17, 15) is 18.0 Å². The maximum absolute atomic E-state index is 14.1. The first-order chi connectivity index (χ1) is 12.4. The first kappa shape index (κ1) is 17.3. The first-order valence-corrected chi connectivity index (χ1v) is 9.00. The molecular formula is C17H16F3N3O2S. The van der Waals surface area contributed by atoms with E-state index in [1.54, 1.807) is 0 Å². The van der Waals surface area contributed by atoms with Crippen molar-refractivity contribution in [1.29, 1.82) is 0 Å². The number of hydrogen-bond donors (Lipinski definition) is 1. The Balaban J connectivity index is 1.82. The molecule has 0 saturated heterocycles. The van der Waals surface area contributed by atoms with Crippen LogP contribution >= 0.6 is 11.8 Å². The topological polar surface area (TPSA) is 53.9 Å². The lowest BCUT2D eigenvalue weighted by atomic mass is 9.98. The molecule has 4 rings (SSSR count). The summed E-state index contributed by atoms with van der Waals surface area (Å²) >= 11 is 1.17. The van der Waals surface area contributed by atoms with Gasteiger partial charge in [0.1, 0.15) is 5.75 Å². The van der Waals surface area contributed by atoms with Gasteiger partial charge in [-0.25, -0.2) is 14.7 Å². The highest BCUT2D eigenvalue weighted by Gasteiger charge is 2.61. The van der Waals surface area contributed by atoms with Gasteiger partial charge >= 0.3 is 12.2 Å². The summed E-state index contributed by atoms with van der Waals surface area (Å²) in [7, 11) is 1.43. The number of nitrogens with one attached hydrogen (secondary N) is 1. The van der Waals surface area contributed by atoms with Crippen LogP contribution in [0.2, 0.25) is 0 Å². The number of methoxy groups -OCH3 is 1. The van der Waals surface area contributed by atoms with Crippen molar-refractivity contribution in [1.82, 2.24) is 10.2 Å². The van der Waals surface area contributed by atoms with Gasteiger partial charge in [-0.1, -0.05) is 23.9 Å². The van der Waals surface area contributed by atoms with Crippen LogP contribution in [-0.4, -0.2) is 29.4 Å². The van der Waals surface area contributed by atoms with Gasteiger partial charge in [-0.3, -0.25) is 0 Å². The molecule has 9 heteroatoms. The van der Waals surface area contributed by atoms with Gasteiger partial charge in [-0.2, -0.15) is 13.2 Å². The van der Waals surface area contributed by atoms with E-state index < -0.39 is 17.9 Å². The SMILES string of the molecule is COc1ccc(C2(C(F)(F)F)N=C3SC4=C(CCCC4)N3C(=O)N2)cc1. The van der Waals surface area contributed by atoms with Gasteiger partial charge in [-0.05, 0) is 37.8 Å². The smallest absolute Gasteiger partial charge is 0.436 e. The van der Waals surface area contributed by atoms with Gasteiger partial charge in [0.15, 0.2) is 5.17 Å². The molecule has 5 nitrogen and oxygen atoms in total. The summed E-state index contributed by atoms with van der Waals surface area (Å²) < 4.78 is 47.2. The Kier molecular flexibility index (Phi) is 3.94. The molecule has 1 aromatic rings. The van der Waals surface area contributed by atoms with Crippen LogP contribution in [0.3, 0.4) is 0 Å². The van der Waals surface area contributed by atoms with Crippen molar-refractivity contribution < 1.29 is 22.7 Å². The quantitative estimate of drug-likeness (QED) is 0.827. The van der Waals surface area contributed by atoms with Gasteiger partial charge in [0.05, 0.1) is 7.11 Å². The second-order valence-electron chi connectivity index (χ2n) is 6.28. The Bertz CT molecular complexity index is 820. The van der Waals surface area contributed by atoms with Gasteiger partial charge in [-0.15, -0.1) is 0 Å². The van der Waals surface area contributed by atoms with E-state index in [1.807, 2.05) is 0 Å². The van der Waals surface area contributed by atoms with E-state index in [1.165, 1.54) is 48.0 Å². The number of aliphatic imine (C=N–C) groups is 1. The van der Waals surface area contributed by atoms with Gasteiger partial charge in [0.25, 0.3) is 5.66 Å². The highest BCUT2D eigenvalue weighted by Crippen LogP contribution is 2.49. The van der Waals surface area contributed by atoms with E-state index in [0.29, 0.717) is 12.2 Å². The number of benzene rings is 1. The van der Waals surface area contributed by atoms with E-state index in [-0.39, 0.29) is 10.7 Å². The van der Waals surface area contributed by atoms with Crippen molar-refractivity contribution in [3.05, 3.63) is 40.4 Å². The molecule has 2 aliphatic heterocycles. The Morgan fingerprint density at radius 2 is 1.92 bits per heavy atom. The van der Waals surface area contributed by atoms with Crippen LogP contribution in [0.4, 0.5) is 18.0 Å². The lowest BCUT2D eigenvalue weighted by Gasteiger charge is -2.39. The van der Waals surface area contributed by atoms with Crippen molar-refractivity contribution in [2.45, 2.75) is 37.5 Å². The Morgan fingerprint density at radius 3 is 2.58 bits per heavy atom. The molecule has 138 valence electrons. The van der Waals surface area contributed by atoms with E-state index in [0.717, 1.165) is 29.9 Å². The minimum Gasteiger partial charge on any atom is -0.497 e. The minimum absolute atomic E-state index is 0.0915. The number of halogens is 3. The third kappa shape index (κ3) is 2.48. The fraction of sp³-hybridized carbons (Fsp3) is 0.412. The number of amides is 2. The molecule has 26 heavy (non-hydrogen) atoms. The second-order valence-corrected chi connectivity index (χ2v) is 7.34. The monoisotopic (exact) mass is 383 g/mol. The van der Waals surface area contributed by atoms with E-state index >= 15 is 0 Å². The number of urea groups is 1. The number of nitrogens with zero attached hydrogens (tertiary/aromatic N) is 2. The number of carbonyl (C=O) groups excluding carboxylic acids is 1. The molecular weight excluding hydrogens is 367 g/mol. The molecule has 0 bridgehead atoms. The fourth-order valence-electron chi connectivity index (χ4n) is 3.41. The predicted octanol–water partition coefficient (Wildman–Crippen LogP) is 4.32. The first-order valence-electron chi connectivity index (χ1n) is 8.19. The Labute approximate surface area is 152 Å². The van der Waals surface area contributed by atoms with E-state index in [2.05, 4.69) is 10.3 Å². The van der Waals surface area contributed by atoms with Crippen LogP contribution in [0.15, 0.2) is 39.9 Å². The molecule has 1 N–H and O–H groups in total. The maximum atomic E-state index is 14.1. The predicted molar refractivity (Wildman–Crippen MR) is 91.6 cm³/mol. The average Bonchev–Trinajstić information content (AvgIpc) is 2.99. The summed E-state index contributed by atoms with van der Waals surface area (Å²) in [4.78, 5) is 18.9. The molecule has 0 spiro atoms. The molecule has 1 unspecified atom stereocenters. The summed E-state index contributed by atoms with van der Waals surface area (Å²) in [5.74, 6) is 0.426. The van der Waals surface area contributed by atoms with Crippen LogP contribution < -0.4 is 10.1 Å². The molecule has 3 aliphatic rings. The number of ether oxygens (including phenoxy) is 1. The number of fused-ring (bicyclic) bond motifs is 2. The van der Waals surface area contributed by atoms with E-state index in [4.69, 9.17) is 4.74 Å². The number of alkyl halides is 3. The zero-order valence-electron chi connectivity index (χ0n) is 13.9. The standard InChI is InChI=1S/C17H16F3N3O2S/c1-25-11-8-6-10(7-9-11)16(17(18,19)20)21-14(24)23-12-4-2-3-5-13(12)26-15(23)22-16/h6-9H,2-5H2,1H3,(H,21,24). The highest BCUT2D eigenvalue weighted by molar-refractivity contribution is 8.17. The summed E-state index contributed by atoms with van der Waals surface area (Å²) in [5.41, 5.74) is -2.18. The van der Waals surface area contributed by atoms with Crippen molar-refractivity contribution in [3.63, 3.8) is 0 Å². The number of amidine groups is 1. The molecule has 0 fully saturated rings. The molecule has 1 atom stereocenters. The Morgan fingerprint density at radius 1 is 1.23 bits per heavy atom. The summed E-state index contributed by atoms with van der Waals surface area (Å²) in [6, 6.07) is 4.61. The van der Waals surface area contributed by atoms with Gasteiger partial charge in [0, 0.05) is 16.2 Å². The highest BCUT2D eigenvalue weighted by atomic mass is 32.2. The van der Waals surface area contributed by atoms with Gasteiger partial charge in [0.2, 0.25) is 0 Å². The van der Waals surface area contributed by atoms with Crippen molar-refractivity contribution in [2.24, 2.45) is 4.99 Å². The second kappa shape index (κ2) is 5.94. The average molecular weight is 383 g/mol. The fourth-order valence-corrected chi connectivity index (χ4v) is 4.66. The molecule has 2 amide bonds. The number of hydrogen-bond acceptors (Lipinski definition) is 4. The summed E-state index contributed by atoms with van der Waals surface area (Å²) in [5, 5.41) is 2.21. The van der Waals surface area contributed by atoms with Crippen molar-refractivity contribution in [2.75, 3.05) is 7.11 Å². The van der Waals surface area contributed by atoms with Crippen LogP contribution in [0.1, 0.15) is 31.2 Å². The number of thioether (sulfide) groups is 1. The number of rotatable bonds is 2. The maximum Gasteiger partial charge on any atom is 0.436 e. The largest absolute Gasteiger partial charge is 0.497 e. The third-order valence-corrected chi connectivity index (χ3v) is 5.88. The molecule has 0 aromatic heterocycles. The third-order valence-electron chi connectivity index (χ3n) is 4.74. The number of carbonyl (C=O) groups is 1. The summed E-state index contributed by atoms with van der Waals surface area (Å²) in [6.45, 7) is 0. The molecule has 1 aliphatic carbocycles. The molecule has 1 aromatic carbocycles. The van der Waals surface area contributed by atoms with Crippen molar-refractivity contribution in [3.8, 4) is 5.75 Å². The van der Waals surface area contributed by atoms with Crippen LogP contribution in [0.25, 0.3) is 0 Å². The zero-order chi connectivity index (χ0) is 18.5. The minimum atomic E-state index is -4.79. The lowest BCUT2D eigenvalue weighted by Crippen LogP contribution is -2.62. The Hall–Kier alpha value is -2.16. The normalized spacial score (nSPS) is 25.5. The van der Waals surface area contributed by atoms with Crippen LogP contribution in [-0.2, 0) is 5.66 Å². The summed E-state index contributed by atoms with van der Waals surface area (Å²) in [6.07, 6.45) is -1.46. The lowest BCUT2D eigenvalue weighted by molar-refractivity contribution is -0.196. The molecule has 2 heterocycles. The molecule has 0 radical (unpaired) electrons. The van der Waals surface area contributed by atoms with Crippen LogP contribution in [0.5, 0.6) is 5.75 Å². The van der Waals surface area contributed by atoms with Crippen LogP contribution in [0, 0.1) is 0 Å². The number of allylic oxidation sites excluding steroid dienone is 2.